The van der Waals surface area contributed by atoms with Crippen LogP contribution in [-0.2, 0) is 0 Å². The lowest BCUT2D eigenvalue weighted by atomic mass is 10.0. The first-order chi connectivity index (χ1) is 8.28. The molecule has 1 saturated heterocycles. The van der Waals surface area contributed by atoms with Gasteiger partial charge in [-0.05, 0) is 30.0 Å². The minimum Gasteiger partial charge on any atom is -0.497 e. The SMILES string of the molecule is COc1ccc2c(c1)=CNC[C@H]1CN(C)CC=21. The van der Waals surface area contributed by atoms with Gasteiger partial charge in [-0.1, -0.05) is 6.07 Å². The molecule has 3 rings (SSSR count). The quantitative estimate of drug-likeness (QED) is 0.720. The van der Waals surface area contributed by atoms with Crippen molar-refractivity contribution in [3.8, 4) is 5.75 Å². The number of nitrogens with one attached hydrogen (secondary N) is 1. The Morgan fingerprint density at radius 1 is 1.41 bits per heavy atom. The Kier molecular flexibility index (Phi) is 2.56. The third-order valence-electron chi connectivity index (χ3n) is 3.69. The maximum atomic E-state index is 5.29. The molecule has 0 spiro atoms. The van der Waals surface area contributed by atoms with Crippen LogP contribution in [0.3, 0.4) is 0 Å². The summed E-state index contributed by atoms with van der Waals surface area (Å²) in [5.74, 6) is 1.57. The molecule has 0 bridgehead atoms. The van der Waals surface area contributed by atoms with Crippen LogP contribution in [0.4, 0.5) is 0 Å². The van der Waals surface area contributed by atoms with E-state index in [1.807, 2.05) is 0 Å². The number of ether oxygens (including phenoxy) is 1. The van der Waals surface area contributed by atoms with Crippen LogP contribution < -0.4 is 20.5 Å². The molecule has 3 heteroatoms. The predicted molar refractivity (Wildman–Crippen MR) is 69.1 cm³/mol. The molecule has 0 amide bonds. The van der Waals surface area contributed by atoms with Crippen molar-refractivity contribution < 1.29 is 4.74 Å². The van der Waals surface area contributed by atoms with Crippen molar-refractivity contribution in [2.24, 2.45) is 5.92 Å². The van der Waals surface area contributed by atoms with E-state index in [0.717, 1.165) is 25.4 Å². The number of methoxy groups -OCH3 is 1. The minimum atomic E-state index is 0.644. The highest BCUT2D eigenvalue weighted by atomic mass is 16.5. The monoisotopic (exact) mass is 230 g/mol. The molecule has 2 heterocycles. The number of benzene rings is 1. The molecule has 1 N–H and O–H groups in total. The molecule has 1 aromatic carbocycles. The molecular formula is C14H18N2O. The van der Waals surface area contributed by atoms with Gasteiger partial charge >= 0.3 is 0 Å². The van der Waals surface area contributed by atoms with E-state index in [0.29, 0.717) is 5.92 Å². The van der Waals surface area contributed by atoms with E-state index < -0.39 is 0 Å². The summed E-state index contributed by atoms with van der Waals surface area (Å²) in [4.78, 5) is 2.39. The second-order valence-electron chi connectivity index (χ2n) is 4.92. The molecule has 2 aliphatic rings. The lowest BCUT2D eigenvalue weighted by Gasteiger charge is -2.09. The third-order valence-corrected chi connectivity index (χ3v) is 3.69. The van der Waals surface area contributed by atoms with Crippen LogP contribution in [0.25, 0.3) is 11.8 Å². The number of hydrogen-bond acceptors (Lipinski definition) is 3. The fourth-order valence-electron chi connectivity index (χ4n) is 2.85. The molecule has 2 aliphatic heterocycles. The summed E-state index contributed by atoms with van der Waals surface area (Å²) in [6.45, 7) is 3.28. The summed E-state index contributed by atoms with van der Waals surface area (Å²) < 4.78 is 5.29. The third kappa shape index (κ3) is 1.80. The van der Waals surface area contributed by atoms with Gasteiger partial charge in [0.1, 0.15) is 5.75 Å². The molecule has 1 fully saturated rings. The van der Waals surface area contributed by atoms with Gasteiger partial charge in [0.2, 0.25) is 0 Å². The first-order valence-corrected chi connectivity index (χ1v) is 6.07. The standard InChI is InChI=1S/C14H18N2O/c1-16-8-11-7-15-6-10-5-12(17-2)3-4-13(10)14(11)9-16/h3-6,11,15H,7-9H2,1-2H3/t11-/m0/s1. The lowest BCUT2D eigenvalue weighted by molar-refractivity contribution is 0.394. The van der Waals surface area contributed by atoms with Gasteiger partial charge in [0.25, 0.3) is 0 Å². The normalized spacial score (nSPS) is 23.2. The Morgan fingerprint density at radius 2 is 2.29 bits per heavy atom. The smallest absolute Gasteiger partial charge is 0.119 e. The van der Waals surface area contributed by atoms with Crippen LogP contribution in [0.5, 0.6) is 5.75 Å². The first kappa shape index (κ1) is 10.7. The molecule has 0 aromatic heterocycles. The number of nitrogens with zero attached hydrogens (tertiary/aromatic N) is 1. The Hall–Kier alpha value is -1.48. The zero-order valence-electron chi connectivity index (χ0n) is 10.4. The maximum Gasteiger partial charge on any atom is 0.119 e. The van der Waals surface area contributed by atoms with Crippen molar-refractivity contribution in [1.82, 2.24) is 10.2 Å². The van der Waals surface area contributed by atoms with Crippen molar-refractivity contribution in [3.63, 3.8) is 0 Å². The van der Waals surface area contributed by atoms with Gasteiger partial charge in [0.15, 0.2) is 0 Å². The van der Waals surface area contributed by atoms with Crippen LogP contribution in [0.2, 0.25) is 0 Å². The van der Waals surface area contributed by atoms with Crippen LogP contribution in [0.15, 0.2) is 18.2 Å². The number of likely N-dealkylation sites (tertiary alicyclic amines) is 1. The zero-order chi connectivity index (χ0) is 11.8. The van der Waals surface area contributed by atoms with E-state index in [1.54, 1.807) is 12.7 Å². The summed E-state index contributed by atoms with van der Waals surface area (Å²) in [5.41, 5.74) is 1.56. The topological polar surface area (TPSA) is 24.5 Å². The van der Waals surface area contributed by atoms with Crippen molar-refractivity contribution >= 4 is 11.8 Å². The van der Waals surface area contributed by atoms with Crippen LogP contribution >= 0.6 is 0 Å². The fourth-order valence-corrected chi connectivity index (χ4v) is 2.85. The van der Waals surface area contributed by atoms with E-state index in [4.69, 9.17) is 4.74 Å². The molecule has 1 atom stereocenters. The van der Waals surface area contributed by atoms with E-state index in [9.17, 15) is 0 Å². The molecule has 0 radical (unpaired) electrons. The molecule has 3 nitrogen and oxygen atoms in total. The minimum absolute atomic E-state index is 0.644. The highest BCUT2D eigenvalue weighted by molar-refractivity contribution is 5.55. The number of fused-ring (bicyclic) bond motifs is 2. The molecule has 17 heavy (non-hydrogen) atoms. The summed E-state index contributed by atoms with van der Waals surface area (Å²) >= 11 is 0. The highest BCUT2D eigenvalue weighted by Gasteiger charge is 2.26. The Morgan fingerprint density at radius 3 is 3.12 bits per heavy atom. The van der Waals surface area contributed by atoms with Gasteiger partial charge in [0, 0.05) is 37.0 Å². The van der Waals surface area contributed by atoms with Gasteiger partial charge in [-0.15, -0.1) is 0 Å². The number of hydrogen-bond donors (Lipinski definition) is 1. The lowest BCUT2D eigenvalue weighted by Crippen LogP contribution is -2.28. The van der Waals surface area contributed by atoms with Gasteiger partial charge in [-0.25, -0.2) is 0 Å². The maximum absolute atomic E-state index is 5.29. The average molecular weight is 230 g/mol. The molecule has 0 unspecified atom stereocenters. The van der Waals surface area contributed by atoms with E-state index >= 15 is 0 Å². The second kappa shape index (κ2) is 4.08. The van der Waals surface area contributed by atoms with Crippen LogP contribution in [0, 0.1) is 5.92 Å². The number of rotatable bonds is 1. The van der Waals surface area contributed by atoms with E-state index in [2.05, 4.69) is 41.7 Å². The summed E-state index contributed by atoms with van der Waals surface area (Å²) in [7, 11) is 3.90. The molecule has 90 valence electrons. The van der Waals surface area contributed by atoms with Crippen LogP contribution in [0.1, 0.15) is 0 Å². The highest BCUT2D eigenvalue weighted by Crippen LogP contribution is 2.21. The Labute approximate surface area is 101 Å². The summed E-state index contributed by atoms with van der Waals surface area (Å²) in [6, 6.07) is 6.36. The second-order valence-corrected chi connectivity index (χ2v) is 4.92. The van der Waals surface area contributed by atoms with E-state index in [-0.39, 0.29) is 0 Å². The largest absolute Gasteiger partial charge is 0.497 e. The van der Waals surface area contributed by atoms with Crippen molar-refractivity contribution in [3.05, 3.63) is 28.6 Å². The summed E-state index contributed by atoms with van der Waals surface area (Å²) in [6.07, 6.45) is 2.11. The Bertz CT molecular complexity index is 550. The van der Waals surface area contributed by atoms with Crippen LogP contribution in [-0.4, -0.2) is 38.7 Å². The van der Waals surface area contributed by atoms with Gasteiger partial charge in [0.05, 0.1) is 7.11 Å². The average Bonchev–Trinajstić information content (AvgIpc) is 2.62. The van der Waals surface area contributed by atoms with Gasteiger partial charge in [-0.2, -0.15) is 0 Å². The molecule has 1 aromatic rings. The molecule has 0 aliphatic carbocycles. The van der Waals surface area contributed by atoms with Crippen molar-refractivity contribution in [2.75, 3.05) is 33.8 Å². The van der Waals surface area contributed by atoms with Gasteiger partial charge in [-0.3, -0.25) is 0 Å². The Balaban J connectivity index is 2.23. The van der Waals surface area contributed by atoms with Crippen molar-refractivity contribution in [2.45, 2.75) is 0 Å². The first-order valence-electron chi connectivity index (χ1n) is 6.07. The predicted octanol–water partition coefficient (Wildman–Crippen LogP) is -0.251. The van der Waals surface area contributed by atoms with E-state index in [1.165, 1.54) is 10.4 Å². The zero-order valence-corrected chi connectivity index (χ0v) is 10.4. The molecule has 0 saturated carbocycles. The van der Waals surface area contributed by atoms with Crippen molar-refractivity contribution in [1.29, 1.82) is 0 Å². The van der Waals surface area contributed by atoms with Gasteiger partial charge < -0.3 is 15.0 Å². The molecular weight excluding hydrogens is 212 g/mol. The fraction of sp³-hybridized carbons (Fsp3) is 0.429. The summed E-state index contributed by atoms with van der Waals surface area (Å²) in [5, 5.41) is 6.05.